The molecule has 1 atom stereocenters. The zero-order valence-electron chi connectivity index (χ0n) is 15.4. The Hall–Kier alpha value is -2.60. The minimum absolute atomic E-state index is 0.149. The third kappa shape index (κ3) is 3.25. The summed E-state index contributed by atoms with van der Waals surface area (Å²) in [7, 11) is 1.47. The van der Waals surface area contributed by atoms with Crippen LogP contribution in [-0.4, -0.2) is 36.8 Å². The van der Waals surface area contributed by atoms with Crippen molar-refractivity contribution < 1.29 is 14.3 Å². The predicted molar refractivity (Wildman–Crippen MR) is 102 cm³/mol. The number of carbonyl (C=O) groups excluding carboxylic acids is 1. The molecular weight excluding hydrogens is 344 g/mol. The summed E-state index contributed by atoms with van der Waals surface area (Å²) < 4.78 is 12.3. The van der Waals surface area contributed by atoms with E-state index in [2.05, 4.69) is 5.32 Å². The van der Waals surface area contributed by atoms with Crippen LogP contribution in [0.15, 0.2) is 47.4 Å². The lowest BCUT2D eigenvalue weighted by Crippen LogP contribution is -2.57. The molecule has 1 unspecified atom stereocenters. The van der Waals surface area contributed by atoms with Crippen molar-refractivity contribution in [1.82, 2.24) is 9.88 Å². The number of benzene rings is 1. The Kier molecular flexibility index (Phi) is 4.74. The first-order valence-electron chi connectivity index (χ1n) is 9.38. The zero-order valence-corrected chi connectivity index (χ0v) is 15.4. The standard InChI is InChI=1S/C21H24N2O4/c1-26-17-13-19(24)23(15-5-3-2-4-6-15)14-16(17)20(25)22-18-7-8-21(18)9-11-27-12-10-21/h2-6,13-14,18H,7-12H2,1H3,(H,22,25). The number of aromatic nitrogens is 1. The topological polar surface area (TPSA) is 69.6 Å². The molecule has 1 saturated heterocycles. The second kappa shape index (κ2) is 7.19. The van der Waals surface area contributed by atoms with Crippen molar-refractivity contribution in [3.63, 3.8) is 0 Å². The summed E-state index contributed by atoms with van der Waals surface area (Å²) in [4.78, 5) is 25.5. The third-order valence-corrected chi connectivity index (χ3v) is 5.98. The summed E-state index contributed by atoms with van der Waals surface area (Å²) in [5.74, 6) is 0.0946. The number of carbonyl (C=O) groups is 1. The number of amides is 1. The Labute approximate surface area is 158 Å². The summed E-state index contributed by atoms with van der Waals surface area (Å²) in [5.41, 5.74) is 1.01. The summed E-state index contributed by atoms with van der Waals surface area (Å²) >= 11 is 0. The molecule has 0 bridgehead atoms. The van der Waals surface area contributed by atoms with E-state index in [1.165, 1.54) is 17.7 Å². The predicted octanol–water partition coefficient (Wildman–Crippen LogP) is 2.54. The third-order valence-electron chi connectivity index (χ3n) is 5.98. The number of methoxy groups -OCH3 is 1. The van der Waals surface area contributed by atoms with Gasteiger partial charge in [0.2, 0.25) is 0 Å². The molecule has 1 N–H and O–H groups in total. The molecule has 1 saturated carbocycles. The fraction of sp³-hybridized carbons (Fsp3) is 0.429. The molecule has 1 aromatic heterocycles. The molecule has 1 spiro atoms. The largest absolute Gasteiger partial charge is 0.496 e. The molecule has 6 nitrogen and oxygen atoms in total. The van der Waals surface area contributed by atoms with Gasteiger partial charge in [0.05, 0.1) is 12.7 Å². The number of nitrogens with zero attached hydrogens (tertiary/aromatic N) is 1. The Morgan fingerprint density at radius 1 is 1.22 bits per heavy atom. The van der Waals surface area contributed by atoms with Crippen molar-refractivity contribution in [1.29, 1.82) is 0 Å². The zero-order chi connectivity index (χ0) is 18.9. The lowest BCUT2D eigenvalue weighted by molar-refractivity contribution is -0.0523. The van der Waals surface area contributed by atoms with Crippen molar-refractivity contribution in [3.8, 4) is 11.4 Å². The number of ether oxygens (including phenoxy) is 2. The van der Waals surface area contributed by atoms with E-state index < -0.39 is 0 Å². The van der Waals surface area contributed by atoms with Gasteiger partial charge in [-0.1, -0.05) is 18.2 Å². The molecule has 1 aliphatic heterocycles. The average molecular weight is 368 g/mol. The Morgan fingerprint density at radius 3 is 2.59 bits per heavy atom. The van der Waals surface area contributed by atoms with Crippen molar-refractivity contribution in [2.45, 2.75) is 31.7 Å². The van der Waals surface area contributed by atoms with Gasteiger partial charge >= 0.3 is 0 Å². The highest BCUT2D eigenvalue weighted by Gasteiger charge is 2.48. The first-order chi connectivity index (χ1) is 13.1. The molecule has 2 heterocycles. The average Bonchev–Trinajstić information content (AvgIpc) is 2.72. The van der Waals surface area contributed by atoms with Crippen LogP contribution in [0.3, 0.4) is 0 Å². The fourth-order valence-corrected chi connectivity index (χ4v) is 4.18. The Bertz CT molecular complexity index is 885. The molecular formula is C21H24N2O4. The van der Waals surface area contributed by atoms with Crippen LogP contribution in [-0.2, 0) is 4.74 Å². The van der Waals surface area contributed by atoms with Crippen molar-refractivity contribution in [3.05, 3.63) is 58.5 Å². The molecule has 1 aliphatic carbocycles. The Morgan fingerprint density at radius 2 is 1.96 bits per heavy atom. The highest BCUT2D eigenvalue weighted by atomic mass is 16.5. The first-order valence-corrected chi connectivity index (χ1v) is 9.38. The molecule has 6 heteroatoms. The van der Waals surface area contributed by atoms with Crippen LogP contribution >= 0.6 is 0 Å². The number of pyridine rings is 1. The number of hydrogen-bond donors (Lipinski definition) is 1. The van der Waals surface area contributed by atoms with Crippen molar-refractivity contribution in [2.24, 2.45) is 5.41 Å². The summed E-state index contributed by atoms with van der Waals surface area (Å²) in [5, 5.41) is 3.18. The molecule has 4 rings (SSSR count). The van der Waals surface area contributed by atoms with Crippen LogP contribution in [0.5, 0.6) is 5.75 Å². The van der Waals surface area contributed by atoms with E-state index in [1.807, 2.05) is 30.3 Å². The smallest absolute Gasteiger partial charge is 0.258 e. The van der Waals surface area contributed by atoms with Gasteiger partial charge in [0, 0.05) is 37.2 Å². The van der Waals surface area contributed by atoms with E-state index >= 15 is 0 Å². The van der Waals surface area contributed by atoms with Gasteiger partial charge in [-0.05, 0) is 43.2 Å². The molecule has 142 valence electrons. The Balaban J connectivity index is 1.62. The van der Waals surface area contributed by atoms with Gasteiger partial charge in [0.1, 0.15) is 5.75 Å². The number of rotatable bonds is 4. The van der Waals surface area contributed by atoms with Crippen molar-refractivity contribution >= 4 is 5.91 Å². The maximum absolute atomic E-state index is 13.0. The minimum Gasteiger partial charge on any atom is -0.496 e. The first kappa shape index (κ1) is 17.8. The van der Waals surface area contributed by atoms with Crippen LogP contribution in [0.2, 0.25) is 0 Å². The monoisotopic (exact) mass is 368 g/mol. The summed E-state index contributed by atoms with van der Waals surface area (Å²) in [6.07, 6.45) is 5.65. The molecule has 2 fully saturated rings. The molecule has 2 aromatic rings. The number of nitrogens with one attached hydrogen (secondary N) is 1. The second-order valence-electron chi connectivity index (χ2n) is 7.34. The van der Waals surface area contributed by atoms with Crippen LogP contribution in [0.25, 0.3) is 5.69 Å². The number of para-hydroxylation sites is 1. The SMILES string of the molecule is COc1cc(=O)n(-c2ccccc2)cc1C(=O)NC1CCC12CCOCC2. The lowest BCUT2D eigenvalue weighted by Gasteiger charge is -2.52. The van der Waals surface area contributed by atoms with E-state index in [4.69, 9.17) is 9.47 Å². The van der Waals surface area contributed by atoms with Crippen LogP contribution < -0.4 is 15.6 Å². The van der Waals surface area contributed by atoms with Crippen LogP contribution in [0.1, 0.15) is 36.0 Å². The number of hydrogen-bond acceptors (Lipinski definition) is 4. The van der Waals surface area contributed by atoms with E-state index in [9.17, 15) is 9.59 Å². The van der Waals surface area contributed by atoms with Gasteiger partial charge in [-0.25, -0.2) is 0 Å². The van der Waals surface area contributed by atoms with Crippen LogP contribution in [0.4, 0.5) is 0 Å². The van der Waals surface area contributed by atoms with Crippen LogP contribution in [0, 0.1) is 5.41 Å². The maximum Gasteiger partial charge on any atom is 0.258 e. The fourth-order valence-electron chi connectivity index (χ4n) is 4.18. The van der Waals surface area contributed by atoms with Gasteiger partial charge in [-0.3, -0.25) is 14.2 Å². The van der Waals surface area contributed by atoms with Gasteiger partial charge < -0.3 is 14.8 Å². The quantitative estimate of drug-likeness (QED) is 0.900. The maximum atomic E-state index is 13.0. The summed E-state index contributed by atoms with van der Waals surface area (Å²) in [6, 6.07) is 10.8. The van der Waals surface area contributed by atoms with E-state index in [0.717, 1.165) is 38.9 Å². The van der Waals surface area contributed by atoms with Gasteiger partial charge in [-0.2, -0.15) is 0 Å². The second-order valence-corrected chi connectivity index (χ2v) is 7.34. The highest BCUT2D eigenvalue weighted by molar-refractivity contribution is 5.97. The lowest BCUT2D eigenvalue weighted by atomic mass is 9.60. The van der Waals surface area contributed by atoms with Gasteiger partial charge in [0.15, 0.2) is 0 Å². The van der Waals surface area contributed by atoms with E-state index in [1.54, 1.807) is 6.20 Å². The van der Waals surface area contributed by atoms with Gasteiger partial charge in [0.25, 0.3) is 11.5 Å². The van der Waals surface area contributed by atoms with Gasteiger partial charge in [-0.15, -0.1) is 0 Å². The molecule has 2 aliphatic rings. The molecule has 0 radical (unpaired) electrons. The highest BCUT2D eigenvalue weighted by Crippen LogP contribution is 2.48. The summed E-state index contributed by atoms with van der Waals surface area (Å²) in [6.45, 7) is 1.52. The minimum atomic E-state index is -0.237. The normalized spacial score (nSPS) is 20.7. The van der Waals surface area contributed by atoms with Crippen molar-refractivity contribution in [2.75, 3.05) is 20.3 Å². The molecule has 1 aromatic carbocycles. The molecule has 1 amide bonds. The van der Waals surface area contributed by atoms with E-state index in [-0.39, 0.29) is 22.9 Å². The van der Waals surface area contributed by atoms with E-state index in [0.29, 0.717) is 17.0 Å². The molecule has 27 heavy (non-hydrogen) atoms.